The molecule has 182 valence electrons. The molecule has 34 heavy (non-hydrogen) atoms. The molecule has 2 nitrogen and oxygen atoms in total. The van der Waals surface area contributed by atoms with Gasteiger partial charge in [0, 0.05) is 0 Å². The molecular formula is C32H44N2. The van der Waals surface area contributed by atoms with Crippen molar-refractivity contribution in [2.24, 2.45) is 16.1 Å². The summed E-state index contributed by atoms with van der Waals surface area (Å²) < 4.78 is 0. The number of hydrogen-bond donors (Lipinski definition) is 0. The Bertz CT molecular complexity index is 868. The largest absolute Gasteiger partial charge is 0.159 e. The van der Waals surface area contributed by atoms with Crippen molar-refractivity contribution < 1.29 is 0 Å². The Balaban J connectivity index is 1.39. The summed E-state index contributed by atoms with van der Waals surface area (Å²) in [5.74, 6) is 1.71. The van der Waals surface area contributed by atoms with E-state index in [1.807, 2.05) is 18.5 Å². The monoisotopic (exact) mass is 456 g/mol. The summed E-state index contributed by atoms with van der Waals surface area (Å²) in [5, 5.41) is 8.50. The fraction of sp³-hybridized carbons (Fsp3) is 0.500. The molecule has 0 aliphatic heterocycles. The summed E-state index contributed by atoms with van der Waals surface area (Å²) in [7, 11) is 0. The topological polar surface area (TPSA) is 24.7 Å². The molecule has 0 atom stereocenters. The number of nitrogens with zero attached hydrogens (tertiary/aromatic N) is 2. The Morgan fingerprint density at radius 2 is 1.41 bits per heavy atom. The first-order valence-electron chi connectivity index (χ1n) is 13.6. The van der Waals surface area contributed by atoms with Gasteiger partial charge in [-0.25, -0.2) is 0 Å². The van der Waals surface area contributed by atoms with Crippen molar-refractivity contribution in [1.29, 1.82) is 0 Å². The number of allylic oxidation sites excluding steroid dienone is 1. The molecule has 2 aromatic carbocycles. The first kappa shape index (κ1) is 26.1. The molecule has 1 fully saturated rings. The molecule has 2 heteroatoms. The van der Waals surface area contributed by atoms with Crippen molar-refractivity contribution in [3.63, 3.8) is 0 Å². The third-order valence-corrected chi connectivity index (χ3v) is 7.30. The van der Waals surface area contributed by atoms with E-state index in [1.165, 1.54) is 81.8 Å². The Labute approximate surface area is 208 Å². The molecule has 0 N–H and O–H groups in total. The van der Waals surface area contributed by atoms with E-state index in [9.17, 15) is 0 Å². The summed E-state index contributed by atoms with van der Waals surface area (Å²) in [6, 6.07) is 17.6. The molecule has 1 saturated carbocycles. The van der Waals surface area contributed by atoms with Crippen LogP contribution in [0.15, 0.2) is 71.4 Å². The lowest BCUT2D eigenvalue weighted by Gasteiger charge is -2.29. The van der Waals surface area contributed by atoms with Crippen LogP contribution < -0.4 is 0 Å². The number of rotatable bonds is 14. The van der Waals surface area contributed by atoms with Gasteiger partial charge in [-0.15, -0.1) is 6.58 Å². The predicted molar refractivity (Wildman–Crippen MR) is 149 cm³/mol. The van der Waals surface area contributed by atoms with E-state index < -0.39 is 0 Å². The van der Waals surface area contributed by atoms with Crippen molar-refractivity contribution in [2.45, 2.75) is 96.3 Å². The highest BCUT2D eigenvalue weighted by atomic mass is 15.2. The Morgan fingerprint density at radius 3 is 2.03 bits per heavy atom. The van der Waals surface area contributed by atoms with Gasteiger partial charge in [0.05, 0.1) is 12.4 Å². The fourth-order valence-corrected chi connectivity index (χ4v) is 5.09. The summed E-state index contributed by atoms with van der Waals surface area (Å²) >= 11 is 0. The first-order valence-corrected chi connectivity index (χ1v) is 13.6. The maximum atomic E-state index is 4.26. The smallest absolute Gasteiger partial charge is 0.0568 e. The van der Waals surface area contributed by atoms with Crippen molar-refractivity contribution in [2.75, 3.05) is 0 Å². The van der Waals surface area contributed by atoms with Gasteiger partial charge in [0.25, 0.3) is 0 Å². The highest BCUT2D eigenvalue weighted by Crippen LogP contribution is 2.37. The van der Waals surface area contributed by atoms with E-state index in [1.54, 1.807) is 0 Å². The molecule has 0 amide bonds. The minimum Gasteiger partial charge on any atom is -0.159 e. The van der Waals surface area contributed by atoms with Crippen LogP contribution in [0.5, 0.6) is 0 Å². The normalized spacial score (nSPS) is 18.6. The van der Waals surface area contributed by atoms with Gasteiger partial charge in [-0.2, -0.15) is 10.2 Å². The highest BCUT2D eigenvalue weighted by molar-refractivity contribution is 5.82. The van der Waals surface area contributed by atoms with Gasteiger partial charge < -0.3 is 0 Å². The average molecular weight is 457 g/mol. The van der Waals surface area contributed by atoms with Gasteiger partial charge in [-0.05, 0) is 85.5 Å². The Kier molecular flexibility index (Phi) is 11.9. The van der Waals surface area contributed by atoms with Gasteiger partial charge in [0.2, 0.25) is 0 Å². The number of benzene rings is 2. The van der Waals surface area contributed by atoms with Crippen LogP contribution in [0.2, 0.25) is 0 Å². The van der Waals surface area contributed by atoms with Crippen LogP contribution >= 0.6 is 0 Å². The second-order valence-electron chi connectivity index (χ2n) is 10.00. The van der Waals surface area contributed by atoms with E-state index in [4.69, 9.17) is 0 Å². The van der Waals surface area contributed by atoms with Gasteiger partial charge in [-0.1, -0.05) is 93.6 Å². The van der Waals surface area contributed by atoms with Crippen LogP contribution in [0.4, 0.5) is 0 Å². The third-order valence-electron chi connectivity index (χ3n) is 7.30. The maximum absolute atomic E-state index is 4.26. The van der Waals surface area contributed by atoms with Crippen LogP contribution in [0.3, 0.4) is 0 Å². The molecule has 0 saturated heterocycles. The first-order chi connectivity index (χ1) is 16.8. The molecule has 0 aromatic heterocycles. The fourth-order valence-electron chi connectivity index (χ4n) is 5.09. The quantitative estimate of drug-likeness (QED) is 0.117. The summed E-state index contributed by atoms with van der Waals surface area (Å²) in [5.41, 5.74) is 5.07. The van der Waals surface area contributed by atoms with Crippen LogP contribution in [-0.4, -0.2) is 12.4 Å². The highest BCUT2D eigenvalue weighted by Gasteiger charge is 2.21. The zero-order chi connectivity index (χ0) is 23.8. The van der Waals surface area contributed by atoms with Gasteiger partial charge in [0.1, 0.15) is 0 Å². The predicted octanol–water partition coefficient (Wildman–Crippen LogP) is 9.28. The Morgan fingerprint density at radius 1 is 0.765 bits per heavy atom. The molecule has 0 radical (unpaired) electrons. The van der Waals surface area contributed by atoms with E-state index in [0.717, 1.165) is 35.8 Å². The van der Waals surface area contributed by atoms with E-state index in [0.29, 0.717) is 0 Å². The van der Waals surface area contributed by atoms with Crippen molar-refractivity contribution >= 4 is 12.4 Å². The van der Waals surface area contributed by atoms with Gasteiger partial charge >= 0.3 is 0 Å². The van der Waals surface area contributed by atoms with Crippen LogP contribution in [0, 0.1) is 5.92 Å². The average Bonchev–Trinajstić information content (AvgIpc) is 2.89. The molecular weight excluding hydrogens is 412 g/mol. The van der Waals surface area contributed by atoms with Crippen molar-refractivity contribution in [3.8, 4) is 0 Å². The van der Waals surface area contributed by atoms with Crippen LogP contribution in [0.25, 0.3) is 0 Å². The minimum atomic E-state index is 0.737. The maximum Gasteiger partial charge on any atom is 0.0568 e. The minimum absolute atomic E-state index is 0.737. The van der Waals surface area contributed by atoms with Crippen LogP contribution in [0.1, 0.15) is 112 Å². The molecule has 1 aliphatic rings. The summed E-state index contributed by atoms with van der Waals surface area (Å²) in [6.07, 6.45) is 22.9. The molecule has 3 rings (SSSR count). The second-order valence-corrected chi connectivity index (χ2v) is 10.00. The van der Waals surface area contributed by atoms with E-state index in [2.05, 4.69) is 72.2 Å². The number of unbranched alkanes of at least 4 members (excludes halogenated alkanes) is 5. The molecule has 0 spiro atoms. The number of hydrogen-bond acceptors (Lipinski definition) is 2. The molecule has 2 aromatic rings. The standard InChI is InChI=1S/C32H44N2/c1-3-5-7-9-11-27-13-15-29(16-14-27)25-33-34-26-30-19-23-32(24-20-30)31-21-17-28(18-22-31)12-10-8-6-4-2/h3,13-16,19-20,23-26,28,31H,1,4-12,17-18,21-22H2,2H3/b33-25+,34-26+. The zero-order valence-electron chi connectivity index (χ0n) is 21.3. The van der Waals surface area contributed by atoms with Crippen LogP contribution in [-0.2, 0) is 6.42 Å². The number of aryl methyl sites for hydroxylation is 1. The van der Waals surface area contributed by atoms with Gasteiger partial charge in [0.15, 0.2) is 0 Å². The van der Waals surface area contributed by atoms with E-state index >= 15 is 0 Å². The summed E-state index contributed by atoms with van der Waals surface area (Å²) in [4.78, 5) is 0. The molecule has 0 bridgehead atoms. The lowest BCUT2D eigenvalue weighted by Crippen LogP contribution is -2.13. The lowest BCUT2D eigenvalue weighted by molar-refractivity contribution is 0.302. The van der Waals surface area contributed by atoms with Crippen molar-refractivity contribution in [3.05, 3.63) is 83.4 Å². The SMILES string of the molecule is C=CCCCCc1ccc(/C=N/N=C/c2ccc(C3CCC(CCCCCC)CC3)cc2)cc1. The molecule has 1 aliphatic carbocycles. The lowest BCUT2D eigenvalue weighted by atomic mass is 9.77. The second kappa shape index (κ2) is 15.4. The van der Waals surface area contributed by atoms with Gasteiger partial charge in [-0.3, -0.25) is 0 Å². The molecule has 0 heterocycles. The van der Waals surface area contributed by atoms with E-state index in [-0.39, 0.29) is 0 Å². The Hall–Kier alpha value is -2.48. The summed E-state index contributed by atoms with van der Waals surface area (Å²) in [6.45, 7) is 6.08. The van der Waals surface area contributed by atoms with Crippen molar-refractivity contribution in [1.82, 2.24) is 0 Å². The third kappa shape index (κ3) is 9.41. The molecule has 0 unspecified atom stereocenters. The zero-order valence-corrected chi connectivity index (χ0v) is 21.3.